The number of hydrogen-bond donors (Lipinski definition) is 3. The Kier molecular flexibility index (Phi) is 3.82. The van der Waals surface area contributed by atoms with Gasteiger partial charge in [-0.15, -0.1) is 0 Å². The largest absolute Gasteiger partial charge is 0.399 e. The molecule has 5 nitrogen and oxygen atoms in total. The normalized spacial score (nSPS) is 18.4. The van der Waals surface area contributed by atoms with Crippen molar-refractivity contribution < 1.29 is 9.59 Å². The van der Waals surface area contributed by atoms with Gasteiger partial charge in [0.25, 0.3) is 0 Å². The predicted octanol–water partition coefficient (Wildman–Crippen LogP) is 0.206. The zero-order chi connectivity index (χ0) is 13.0. The highest BCUT2D eigenvalue weighted by atomic mass is 16.2. The molecule has 4 N–H and O–H groups in total. The van der Waals surface area contributed by atoms with Gasteiger partial charge in [-0.25, -0.2) is 0 Å². The molecule has 2 amide bonds. The van der Waals surface area contributed by atoms with E-state index in [9.17, 15) is 9.59 Å². The zero-order valence-electron chi connectivity index (χ0n) is 10.1. The molecule has 0 spiro atoms. The predicted molar refractivity (Wildman–Crippen MR) is 68.7 cm³/mol. The van der Waals surface area contributed by atoms with Crippen LogP contribution >= 0.6 is 0 Å². The van der Waals surface area contributed by atoms with Crippen LogP contribution in [0.3, 0.4) is 0 Å². The monoisotopic (exact) mass is 247 g/mol. The fraction of sp³-hybridized carbons (Fsp3) is 0.385. The lowest BCUT2D eigenvalue weighted by Gasteiger charge is -2.10. The quantitative estimate of drug-likeness (QED) is 0.665. The molecule has 0 aliphatic carbocycles. The van der Waals surface area contributed by atoms with E-state index in [1.165, 1.54) is 0 Å². The molecular weight excluding hydrogens is 230 g/mol. The van der Waals surface area contributed by atoms with Gasteiger partial charge >= 0.3 is 0 Å². The summed E-state index contributed by atoms with van der Waals surface area (Å²) < 4.78 is 0. The first-order chi connectivity index (χ1) is 8.65. The van der Waals surface area contributed by atoms with Gasteiger partial charge in [-0.2, -0.15) is 0 Å². The van der Waals surface area contributed by atoms with Gasteiger partial charge in [-0.1, -0.05) is 12.1 Å². The second kappa shape index (κ2) is 5.53. The highest BCUT2D eigenvalue weighted by Crippen LogP contribution is 2.07. The second-order valence-corrected chi connectivity index (χ2v) is 4.44. The number of nitrogens with two attached hydrogens (primary N) is 1. The molecule has 18 heavy (non-hydrogen) atoms. The van der Waals surface area contributed by atoms with Crippen LogP contribution in [0, 0.1) is 0 Å². The maximum Gasteiger partial charge on any atom is 0.242 e. The fourth-order valence-electron chi connectivity index (χ4n) is 1.95. The number of nitrogens with one attached hydrogen (secondary N) is 2. The zero-order valence-corrected chi connectivity index (χ0v) is 10.1. The van der Waals surface area contributed by atoms with Crippen LogP contribution in [0.25, 0.3) is 0 Å². The average Bonchev–Trinajstić information content (AvgIpc) is 2.78. The smallest absolute Gasteiger partial charge is 0.242 e. The van der Waals surface area contributed by atoms with Crippen molar-refractivity contribution in [1.29, 1.82) is 0 Å². The molecule has 2 rings (SSSR count). The Labute approximate surface area is 106 Å². The van der Waals surface area contributed by atoms with Crippen LogP contribution in [0.1, 0.15) is 18.4 Å². The van der Waals surface area contributed by atoms with Crippen molar-refractivity contribution in [3.63, 3.8) is 0 Å². The van der Waals surface area contributed by atoms with Crippen molar-refractivity contribution in [2.75, 3.05) is 12.3 Å². The molecule has 1 aliphatic rings. The van der Waals surface area contributed by atoms with Crippen LogP contribution in [0.15, 0.2) is 24.3 Å². The van der Waals surface area contributed by atoms with E-state index < -0.39 is 0 Å². The summed E-state index contributed by atoms with van der Waals surface area (Å²) in [6.45, 7) is 0.565. The fourth-order valence-corrected chi connectivity index (χ4v) is 1.95. The SMILES string of the molecule is Nc1ccc(CCNC(=O)C2CCC(=O)N2)cc1. The molecule has 1 fully saturated rings. The minimum absolute atomic E-state index is 0.0475. The maximum absolute atomic E-state index is 11.7. The molecule has 1 heterocycles. The number of anilines is 1. The molecule has 96 valence electrons. The standard InChI is InChI=1S/C13H17N3O2/c14-10-3-1-9(2-4-10)7-8-15-13(18)11-5-6-12(17)16-11/h1-4,11H,5-8,14H2,(H,15,18)(H,16,17). The van der Waals surface area contributed by atoms with Crippen molar-refractivity contribution in [1.82, 2.24) is 10.6 Å². The third-order valence-corrected chi connectivity index (χ3v) is 3.00. The average molecular weight is 247 g/mol. The van der Waals surface area contributed by atoms with Crippen LogP contribution in [0.2, 0.25) is 0 Å². The first-order valence-electron chi connectivity index (χ1n) is 6.06. The van der Waals surface area contributed by atoms with Crippen LogP contribution < -0.4 is 16.4 Å². The van der Waals surface area contributed by atoms with Gasteiger partial charge in [0, 0.05) is 18.7 Å². The van der Waals surface area contributed by atoms with Crippen molar-refractivity contribution in [2.45, 2.75) is 25.3 Å². The Balaban J connectivity index is 1.73. The number of nitrogen functional groups attached to an aromatic ring is 1. The summed E-state index contributed by atoms with van der Waals surface area (Å²) in [4.78, 5) is 22.7. The second-order valence-electron chi connectivity index (χ2n) is 4.44. The highest BCUT2D eigenvalue weighted by molar-refractivity contribution is 5.90. The Hall–Kier alpha value is -2.04. The van der Waals surface area contributed by atoms with Gasteiger partial charge in [0.2, 0.25) is 11.8 Å². The molecule has 0 aromatic heterocycles. The van der Waals surface area contributed by atoms with Gasteiger partial charge < -0.3 is 16.4 Å². The summed E-state index contributed by atoms with van der Waals surface area (Å²) in [7, 11) is 0. The van der Waals surface area contributed by atoms with E-state index >= 15 is 0 Å². The van der Waals surface area contributed by atoms with Crippen molar-refractivity contribution in [3.05, 3.63) is 29.8 Å². The molecule has 5 heteroatoms. The van der Waals surface area contributed by atoms with Crippen LogP contribution in [0.4, 0.5) is 5.69 Å². The van der Waals surface area contributed by atoms with Gasteiger partial charge in [-0.05, 0) is 30.5 Å². The summed E-state index contributed by atoms with van der Waals surface area (Å²) in [5.74, 6) is -0.148. The summed E-state index contributed by atoms with van der Waals surface area (Å²) in [5, 5.41) is 5.47. The van der Waals surface area contributed by atoms with Crippen molar-refractivity contribution in [2.24, 2.45) is 0 Å². The Morgan fingerprint density at radius 2 is 2.11 bits per heavy atom. The number of carbonyl (C=O) groups excluding carboxylic acids is 2. The molecule has 1 saturated heterocycles. The van der Waals surface area contributed by atoms with Crippen molar-refractivity contribution >= 4 is 17.5 Å². The van der Waals surface area contributed by atoms with E-state index in [0.717, 1.165) is 17.7 Å². The number of carbonyl (C=O) groups is 2. The van der Waals surface area contributed by atoms with Crippen LogP contribution in [-0.2, 0) is 16.0 Å². The van der Waals surface area contributed by atoms with Crippen LogP contribution in [-0.4, -0.2) is 24.4 Å². The number of hydrogen-bond acceptors (Lipinski definition) is 3. The lowest BCUT2D eigenvalue weighted by Crippen LogP contribution is -2.42. The maximum atomic E-state index is 11.7. The molecule has 0 saturated carbocycles. The van der Waals surface area contributed by atoms with Gasteiger partial charge in [0.1, 0.15) is 6.04 Å². The highest BCUT2D eigenvalue weighted by Gasteiger charge is 2.26. The lowest BCUT2D eigenvalue weighted by atomic mass is 10.1. The van der Waals surface area contributed by atoms with E-state index in [4.69, 9.17) is 5.73 Å². The van der Waals surface area contributed by atoms with E-state index in [2.05, 4.69) is 10.6 Å². The summed E-state index contributed by atoms with van der Waals surface area (Å²) in [6.07, 6.45) is 1.79. The third kappa shape index (κ3) is 3.23. The summed E-state index contributed by atoms with van der Waals surface area (Å²) in [6, 6.07) is 7.21. The lowest BCUT2D eigenvalue weighted by molar-refractivity contribution is -0.125. The van der Waals surface area contributed by atoms with E-state index in [-0.39, 0.29) is 17.9 Å². The van der Waals surface area contributed by atoms with Crippen molar-refractivity contribution in [3.8, 4) is 0 Å². The Morgan fingerprint density at radius 1 is 1.39 bits per heavy atom. The van der Waals surface area contributed by atoms with Gasteiger partial charge in [-0.3, -0.25) is 9.59 Å². The first-order valence-corrected chi connectivity index (χ1v) is 6.06. The summed E-state index contributed by atoms with van der Waals surface area (Å²) in [5.41, 5.74) is 7.45. The molecule has 1 aromatic rings. The van der Waals surface area contributed by atoms with Crippen LogP contribution in [0.5, 0.6) is 0 Å². The molecule has 1 atom stereocenters. The Bertz CT molecular complexity index is 442. The summed E-state index contributed by atoms with van der Waals surface area (Å²) >= 11 is 0. The molecule has 0 bridgehead atoms. The number of benzene rings is 1. The first kappa shape index (κ1) is 12.4. The molecule has 0 radical (unpaired) electrons. The minimum atomic E-state index is -0.357. The van der Waals surface area contributed by atoms with E-state index in [1.54, 1.807) is 0 Å². The molecule has 1 unspecified atom stereocenters. The van der Waals surface area contributed by atoms with E-state index in [1.807, 2.05) is 24.3 Å². The third-order valence-electron chi connectivity index (χ3n) is 3.00. The molecule has 1 aromatic carbocycles. The number of rotatable bonds is 4. The Morgan fingerprint density at radius 3 is 2.72 bits per heavy atom. The van der Waals surface area contributed by atoms with Gasteiger partial charge in [0.15, 0.2) is 0 Å². The van der Waals surface area contributed by atoms with Gasteiger partial charge in [0.05, 0.1) is 0 Å². The van der Waals surface area contributed by atoms with E-state index in [0.29, 0.717) is 19.4 Å². The topological polar surface area (TPSA) is 84.2 Å². The minimum Gasteiger partial charge on any atom is -0.399 e. The number of amides is 2. The molecule has 1 aliphatic heterocycles. The molecular formula is C13H17N3O2.